The summed E-state index contributed by atoms with van der Waals surface area (Å²) in [5.41, 5.74) is 2.50. The van der Waals surface area contributed by atoms with Crippen LogP contribution in [0.15, 0.2) is 59.5 Å². The van der Waals surface area contributed by atoms with Gasteiger partial charge in [-0.2, -0.15) is 5.10 Å². The summed E-state index contributed by atoms with van der Waals surface area (Å²) in [6.07, 6.45) is 3.46. The van der Waals surface area contributed by atoms with E-state index < -0.39 is 0 Å². The topological polar surface area (TPSA) is 67.2 Å². The molecule has 3 aromatic rings. The highest BCUT2D eigenvalue weighted by molar-refractivity contribution is 7.98. The van der Waals surface area contributed by atoms with Crippen molar-refractivity contribution in [3.8, 4) is 0 Å². The summed E-state index contributed by atoms with van der Waals surface area (Å²) in [5.74, 6) is -0.822. The lowest BCUT2D eigenvalue weighted by atomic mass is 10.1. The number of benzene rings is 2. The lowest BCUT2D eigenvalue weighted by Gasteiger charge is -2.20. The van der Waals surface area contributed by atoms with E-state index in [-0.39, 0.29) is 23.3 Å². The third-order valence-electron chi connectivity index (χ3n) is 5.44. The minimum Gasteiger partial charge on any atom is -0.350 e. The van der Waals surface area contributed by atoms with Gasteiger partial charge in [0, 0.05) is 37.1 Å². The SMILES string of the molecule is CSc1ccc(CCNC(=O)c2cc3n(n2)CCCN(Cc2cccc(F)c2)C3=O)cc1. The number of rotatable bonds is 7. The van der Waals surface area contributed by atoms with E-state index in [2.05, 4.69) is 34.7 Å². The molecule has 1 N–H and O–H groups in total. The highest BCUT2D eigenvalue weighted by Crippen LogP contribution is 2.18. The molecule has 1 aliphatic heterocycles. The smallest absolute Gasteiger partial charge is 0.272 e. The van der Waals surface area contributed by atoms with Crippen molar-refractivity contribution in [3.63, 3.8) is 0 Å². The molecule has 4 rings (SSSR count). The molecule has 0 spiro atoms. The summed E-state index contributed by atoms with van der Waals surface area (Å²) < 4.78 is 15.1. The second-order valence-corrected chi connectivity index (χ2v) is 8.58. The Labute approximate surface area is 190 Å². The third kappa shape index (κ3) is 5.19. The van der Waals surface area contributed by atoms with Gasteiger partial charge in [0.25, 0.3) is 11.8 Å². The number of carbonyl (C=O) groups excluding carboxylic acids is 2. The molecule has 32 heavy (non-hydrogen) atoms. The summed E-state index contributed by atoms with van der Waals surface area (Å²) in [7, 11) is 0. The van der Waals surface area contributed by atoms with E-state index >= 15 is 0 Å². The molecule has 2 heterocycles. The zero-order valence-corrected chi connectivity index (χ0v) is 18.7. The molecule has 1 aliphatic rings. The number of fused-ring (bicyclic) bond motifs is 1. The summed E-state index contributed by atoms with van der Waals surface area (Å²) in [6.45, 7) is 1.91. The molecule has 0 atom stereocenters. The molecule has 0 fully saturated rings. The van der Waals surface area contributed by atoms with Crippen molar-refractivity contribution in [1.29, 1.82) is 0 Å². The highest BCUT2D eigenvalue weighted by atomic mass is 32.2. The van der Waals surface area contributed by atoms with E-state index in [1.807, 2.05) is 6.26 Å². The Morgan fingerprint density at radius 3 is 2.69 bits per heavy atom. The number of hydrogen-bond acceptors (Lipinski definition) is 4. The van der Waals surface area contributed by atoms with Crippen molar-refractivity contribution in [2.24, 2.45) is 0 Å². The Balaban J connectivity index is 1.39. The van der Waals surface area contributed by atoms with E-state index in [0.29, 0.717) is 44.7 Å². The van der Waals surface area contributed by atoms with Gasteiger partial charge in [-0.15, -0.1) is 11.8 Å². The van der Waals surface area contributed by atoms with Crippen molar-refractivity contribution in [3.05, 3.63) is 82.9 Å². The van der Waals surface area contributed by atoms with Crippen LogP contribution in [0.5, 0.6) is 0 Å². The first-order valence-corrected chi connectivity index (χ1v) is 11.8. The van der Waals surface area contributed by atoms with E-state index in [1.165, 1.54) is 17.0 Å². The van der Waals surface area contributed by atoms with E-state index in [9.17, 15) is 14.0 Å². The number of amides is 2. The molecule has 8 heteroatoms. The van der Waals surface area contributed by atoms with Gasteiger partial charge >= 0.3 is 0 Å². The Kier molecular flexibility index (Phi) is 6.90. The maximum absolute atomic E-state index is 13.5. The molecule has 0 unspecified atom stereocenters. The van der Waals surface area contributed by atoms with Gasteiger partial charge in [-0.05, 0) is 54.5 Å². The standard InChI is InChI=1S/C24H25FN4O2S/c1-32-20-8-6-17(7-9-20)10-11-26-23(30)21-15-22-24(31)28(12-3-13-29(22)27-21)16-18-4-2-5-19(25)14-18/h2,4-9,14-15H,3,10-13,16H2,1H3,(H,26,30). The fraction of sp³-hybridized carbons (Fsp3) is 0.292. The monoisotopic (exact) mass is 452 g/mol. The number of aryl methyl sites for hydroxylation is 1. The molecule has 2 aromatic carbocycles. The lowest BCUT2D eigenvalue weighted by molar-refractivity contribution is 0.0745. The van der Waals surface area contributed by atoms with Crippen LogP contribution >= 0.6 is 11.8 Å². The van der Waals surface area contributed by atoms with Gasteiger partial charge < -0.3 is 10.2 Å². The molecular formula is C24H25FN4O2S. The van der Waals surface area contributed by atoms with Gasteiger partial charge in [-0.3, -0.25) is 14.3 Å². The zero-order valence-electron chi connectivity index (χ0n) is 17.9. The first kappa shape index (κ1) is 22.1. The summed E-state index contributed by atoms with van der Waals surface area (Å²) in [6, 6.07) is 16.0. The van der Waals surface area contributed by atoms with Gasteiger partial charge in [-0.1, -0.05) is 24.3 Å². The largest absolute Gasteiger partial charge is 0.350 e. The fourth-order valence-electron chi connectivity index (χ4n) is 3.75. The summed E-state index contributed by atoms with van der Waals surface area (Å²) in [5, 5.41) is 7.25. The van der Waals surface area contributed by atoms with Crippen LogP contribution in [0.4, 0.5) is 4.39 Å². The minimum atomic E-state index is -0.325. The van der Waals surface area contributed by atoms with Crippen LogP contribution in [-0.4, -0.2) is 45.8 Å². The maximum Gasteiger partial charge on any atom is 0.272 e. The normalized spacial score (nSPS) is 13.6. The molecule has 0 saturated carbocycles. The molecule has 0 radical (unpaired) electrons. The summed E-state index contributed by atoms with van der Waals surface area (Å²) in [4.78, 5) is 28.5. The quantitative estimate of drug-likeness (QED) is 0.555. The Morgan fingerprint density at radius 1 is 1.12 bits per heavy atom. The number of aromatic nitrogens is 2. The molecule has 2 amide bonds. The Morgan fingerprint density at radius 2 is 1.94 bits per heavy atom. The van der Waals surface area contributed by atoms with Gasteiger partial charge in [0.1, 0.15) is 11.5 Å². The van der Waals surface area contributed by atoms with E-state index in [0.717, 1.165) is 11.1 Å². The predicted octanol–water partition coefficient (Wildman–Crippen LogP) is 3.76. The Hall–Kier alpha value is -3.13. The number of carbonyl (C=O) groups is 2. The third-order valence-corrected chi connectivity index (χ3v) is 6.18. The van der Waals surface area contributed by atoms with Crippen LogP contribution in [0.25, 0.3) is 0 Å². The van der Waals surface area contributed by atoms with E-state index in [4.69, 9.17) is 0 Å². The van der Waals surface area contributed by atoms with Crippen molar-refractivity contribution >= 4 is 23.6 Å². The van der Waals surface area contributed by atoms with Crippen molar-refractivity contribution in [1.82, 2.24) is 20.0 Å². The van der Waals surface area contributed by atoms with Crippen LogP contribution in [0, 0.1) is 5.82 Å². The van der Waals surface area contributed by atoms with Crippen molar-refractivity contribution in [2.45, 2.75) is 30.8 Å². The summed E-state index contributed by atoms with van der Waals surface area (Å²) >= 11 is 1.69. The van der Waals surface area contributed by atoms with Crippen molar-refractivity contribution < 1.29 is 14.0 Å². The zero-order chi connectivity index (χ0) is 22.5. The number of hydrogen-bond donors (Lipinski definition) is 1. The molecule has 0 saturated heterocycles. The van der Waals surface area contributed by atoms with Crippen LogP contribution in [0.1, 0.15) is 38.5 Å². The van der Waals surface area contributed by atoms with Crippen LogP contribution in [0.3, 0.4) is 0 Å². The van der Waals surface area contributed by atoms with E-state index in [1.54, 1.807) is 39.5 Å². The average molecular weight is 453 g/mol. The second-order valence-electron chi connectivity index (χ2n) is 7.70. The van der Waals surface area contributed by atoms with Gasteiger partial charge in [0.2, 0.25) is 0 Å². The highest BCUT2D eigenvalue weighted by Gasteiger charge is 2.26. The molecule has 0 bridgehead atoms. The van der Waals surface area contributed by atoms with Crippen LogP contribution in [-0.2, 0) is 19.5 Å². The van der Waals surface area contributed by atoms with Gasteiger partial charge in [0.15, 0.2) is 5.69 Å². The Bertz CT molecular complexity index is 1110. The van der Waals surface area contributed by atoms with Gasteiger partial charge in [-0.25, -0.2) is 4.39 Å². The van der Waals surface area contributed by atoms with Crippen LogP contribution in [0.2, 0.25) is 0 Å². The predicted molar refractivity (Wildman–Crippen MR) is 122 cm³/mol. The fourth-order valence-corrected chi connectivity index (χ4v) is 4.16. The number of halogens is 1. The molecule has 1 aromatic heterocycles. The second kappa shape index (κ2) is 9.99. The number of thioether (sulfide) groups is 1. The van der Waals surface area contributed by atoms with Crippen molar-refractivity contribution in [2.75, 3.05) is 19.3 Å². The van der Waals surface area contributed by atoms with Gasteiger partial charge in [0.05, 0.1) is 0 Å². The van der Waals surface area contributed by atoms with Crippen LogP contribution < -0.4 is 5.32 Å². The average Bonchev–Trinajstić information content (AvgIpc) is 3.17. The first-order valence-electron chi connectivity index (χ1n) is 10.6. The minimum absolute atomic E-state index is 0.202. The number of nitrogens with one attached hydrogen (secondary N) is 1. The molecular weight excluding hydrogens is 427 g/mol. The number of nitrogens with zero attached hydrogens (tertiary/aromatic N) is 3. The first-order chi connectivity index (χ1) is 15.5. The maximum atomic E-state index is 13.5. The molecule has 0 aliphatic carbocycles. The molecule has 166 valence electrons. The molecule has 6 nitrogen and oxygen atoms in total. The lowest BCUT2D eigenvalue weighted by Crippen LogP contribution is -2.30.